The van der Waals surface area contributed by atoms with E-state index >= 15 is 0 Å². The third kappa shape index (κ3) is 4.75. The number of anilines is 1. The van der Waals surface area contributed by atoms with Crippen molar-refractivity contribution in [1.82, 2.24) is 9.88 Å². The first kappa shape index (κ1) is 18.2. The van der Waals surface area contributed by atoms with Gasteiger partial charge < -0.3 is 10.1 Å². The standard InChI is InChI=1S/C23H23N3O2/c27-23(25-20-8-2-1-3-9-20)19-7-4-6-18(14-19)16-26-13-11-22(17-26)28-21-10-5-12-24-15-21/h1-10,12,14-15,22H,11,13,16-17H2,(H,25,27). The van der Waals surface area contributed by atoms with E-state index in [2.05, 4.69) is 21.3 Å². The molecular weight excluding hydrogens is 350 g/mol. The van der Waals surface area contributed by atoms with Gasteiger partial charge in [-0.15, -0.1) is 0 Å². The highest BCUT2D eigenvalue weighted by molar-refractivity contribution is 6.04. The summed E-state index contributed by atoms with van der Waals surface area (Å²) in [5.74, 6) is 0.723. The normalized spacial score (nSPS) is 16.6. The highest BCUT2D eigenvalue weighted by Crippen LogP contribution is 2.20. The van der Waals surface area contributed by atoms with Crippen molar-refractivity contribution in [3.63, 3.8) is 0 Å². The molecule has 0 aliphatic carbocycles. The van der Waals surface area contributed by atoms with E-state index in [4.69, 9.17) is 4.74 Å². The zero-order valence-electron chi connectivity index (χ0n) is 15.6. The molecule has 4 rings (SSSR count). The Labute approximate surface area is 165 Å². The summed E-state index contributed by atoms with van der Waals surface area (Å²) in [7, 11) is 0. The van der Waals surface area contributed by atoms with Crippen molar-refractivity contribution in [1.29, 1.82) is 0 Å². The first-order chi connectivity index (χ1) is 13.8. The fraction of sp³-hybridized carbons (Fsp3) is 0.217. The number of aromatic nitrogens is 1. The quantitative estimate of drug-likeness (QED) is 0.710. The van der Waals surface area contributed by atoms with Gasteiger partial charge in [-0.1, -0.05) is 30.3 Å². The van der Waals surface area contributed by atoms with E-state index in [1.54, 1.807) is 12.4 Å². The van der Waals surface area contributed by atoms with Gasteiger partial charge >= 0.3 is 0 Å². The fourth-order valence-corrected chi connectivity index (χ4v) is 3.44. The molecule has 1 saturated heterocycles. The van der Waals surface area contributed by atoms with Crippen LogP contribution in [0.4, 0.5) is 5.69 Å². The molecule has 28 heavy (non-hydrogen) atoms. The predicted octanol–water partition coefficient (Wildman–Crippen LogP) is 3.99. The topological polar surface area (TPSA) is 54.5 Å². The summed E-state index contributed by atoms with van der Waals surface area (Å²) in [6, 6.07) is 21.1. The molecule has 0 radical (unpaired) electrons. The van der Waals surface area contributed by atoms with Crippen molar-refractivity contribution in [2.75, 3.05) is 18.4 Å². The molecule has 1 unspecified atom stereocenters. The first-order valence-corrected chi connectivity index (χ1v) is 9.51. The number of pyridine rings is 1. The van der Waals surface area contributed by atoms with E-state index in [1.165, 1.54) is 0 Å². The number of likely N-dealkylation sites (tertiary alicyclic amines) is 1. The first-order valence-electron chi connectivity index (χ1n) is 9.51. The Kier molecular flexibility index (Phi) is 5.64. The molecule has 1 aliphatic rings. The van der Waals surface area contributed by atoms with Crippen LogP contribution in [-0.2, 0) is 6.54 Å². The van der Waals surface area contributed by atoms with E-state index in [-0.39, 0.29) is 12.0 Å². The Bertz CT molecular complexity index is 915. The van der Waals surface area contributed by atoms with Crippen LogP contribution in [0.15, 0.2) is 79.1 Å². The Morgan fingerprint density at radius 3 is 2.82 bits per heavy atom. The number of amides is 1. The number of hydrogen-bond donors (Lipinski definition) is 1. The van der Waals surface area contributed by atoms with Crippen LogP contribution < -0.4 is 10.1 Å². The van der Waals surface area contributed by atoms with Gasteiger partial charge in [-0.2, -0.15) is 0 Å². The maximum atomic E-state index is 12.5. The zero-order valence-corrected chi connectivity index (χ0v) is 15.6. The van der Waals surface area contributed by atoms with Crippen molar-refractivity contribution in [3.8, 4) is 5.75 Å². The molecule has 1 aliphatic heterocycles. The largest absolute Gasteiger partial charge is 0.487 e. The molecule has 0 saturated carbocycles. The van der Waals surface area contributed by atoms with Crippen LogP contribution in [0.1, 0.15) is 22.3 Å². The molecule has 0 spiro atoms. The Balaban J connectivity index is 1.34. The number of benzene rings is 2. The van der Waals surface area contributed by atoms with Gasteiger partial charge in [-0.05, 0) is 48.4 Å². The summed E-state index contributed by atoms with van der Waals surface area (Å²) in [4.78, 5) is 19.0. The predicted molar refractivity (Wildman–Crippen MR) is 109 cm³/mol. The molecule has 1 fully saturated rings. The molecule has 3 aromatic rings. The van der Waals surface area contributed by atoms with Crippen molar-refractivity contribution in [2.45, 2.75) is 19.1 Å². The number of para-hydroxylation sites is 1. The smallest absolute Gasteiger partial charge is 0.255 e. The highest BCUT2D eigenvalue weighted by Gasteiger charge is 2.24. The van der Waals surface area contributed by atoms with Crippen molar-refractivity contribution in [3.05, 3.63) is 90.3 Å². The number of ether oxygens (including phenoxy) is 1. The minimum atomic E-state index is -0.0905. The Hall–Kier alpha value is -3.18. The summed E-state index contributed by atoms with van der Waals surface area (Å²) < 4.78 is 6.00. The monoisotopic (exact) mass is 373 g/mol. The number of nitrogens with one attached hydrogen (secondary N) is 1. The number of carbonyl (C=O) groups excluding carboxylic acids is 1. The van der Waals surface area contributed by atoms with Gasteiger partial charge in [0.1, 0.15) is 11.9 Å². The van der Waals surface area contributed by atoms with Crippen molar-refractivity contribution >= 4 is 11.6 Å². The summed E-state index contributed by atoms with van der Waals surface area (Å²) in [6.07, 6.45) is 4.66. The van der Waals surface area contributed by atoms with Crippen LogP contribution in [0.25, 0.3) is 0 Å². The van der Waals surface area contributed by atoms with Gasteiger partial charge in [-0.3, -0.25) is 14.7 Å². The molecule has 2 heterocycles. The third-order valence-corrected chi connectivity index (χ3v) is 4.79. The fourth-order valence-electron chi connectivity index (χ4n) is 3.44. The Morgan fingerprint density at radius 2 is 2.00 bits per heavy atom. The average molecular weight is 373 g/mol. The summed E-state index contributed by atoms with van der Waals surface area (Å²) >= 11 is 0. The van der Waals surface area contributed by atoms with Crippen molar-refractivity contribution < 1.29 is 9.53 Å². The lowest BCUT2D eigenvalue weighted by atomic mass is 10.1. The van der Waals surface area contributed by atoms with E-state index in [0.29, 0.717) is 5.56 Å². The van der Waals surface area contributed by atoms with E-state index in [1.807, 2.05) is 60.7 Å². The molecular formula is C23H23N3O2. The molecule has 0 bridgehead atoms. The molecule has 142 valence electrons. The summed E-state index contributed by atoms with van der Waals surface area (Å²) in [6.45, 7) is 2.65. The number of carbonyl (C=O) groups is 1. The van der Waals surface area contributed by atoms with E-state index in [0.717, 1.165) is 43.1 Å². The molecule has 1 amide bonds. The Morgan fingerprint density at radius 1 is 1.11 bits per heavy atom. The molecule has 1 N–H and O–H groups in total. The van der Waals surface area contributed by atoms with Crippen molar-refractivity contribution in [2.24, 2.45) is 0 Å². The van der Waals surface area contributed by atoms with E-state index < -0.39 is 0 Å². The maximum absolute atomic E-state index is 12.5. The van der Waals surface area contributed by atoms with Crippen LogP contribution in [0.5, 0.6) is 5.75 Å². The van der Waals surface area contributed by atoms with Gasteiger partial charge in [-0.25, -0.2) is 0 Å². The summed E-state index contributed by atoms with van der Waals surface area (Å²) in [5, 5.41) is 2.93. The van der Waals surface area contributed by atoms with Crippen LogP contribution in [0, 0.1) is 0 Å². The molecule has 1 aromatic heterocycles. The molecule has 5 heteroatoms. The van der Waals surface area contributed by atoms with Crippen LogP contribution in [0.3, 0.4) is 0 Å². The summed E-state index contributed by atoms with van der Waals surface area (Å²) in [5.41, 5.74) is 2.60. The number of nitrogens with zero attached hydrogens (tertiary/aromatic N) is 2. The molecule has 1 atom stereocenters. The molecule has 2 aromatic carbocycles. The lowest BCUT2D eigenvalue weighted by molar-refractivity contribution is 0.102. The second kappa shape index (κ2) is 8.67. The third-order valence-electron chi connectivity index (χ3n) is 4.79. The average Bonchev–Trinajstić information content (AvgIpc) is 3.16. The van der Waals surface area contributed by atoms with Gasteiger partial charge in [0, 0.05) is 37.1 Å². The van der Waals surface area contributed by atoms with E-state index in [9.17, 15) is 4.79 Å². The number of hydrogen-bond acceptors (Lipinski definition) is 4. The lowest BCUT2D eigenvalue weighted by Gasteiger charge is -2.17. The minimum Gasteiger partial charge on any atom is -0.487 e. The lowest BCUT2D eigenvalue weighted by Crippen LogP contribution is -2.24. The highest BCUT2D eigenvalue weighted by atomic mass is 16.5. The zero-order chi connectivity index (χ0) is 19.2. The van der Waals surface area contributed by atoms with Gasteiger partial charge in [0.05, 0.1) is 6.20 Å². The molecule has 5 nitrogen and oxygen atoms in total. The number of rotatable bonds is 6. The maximum Gasteiger partial charge on any atom is 0.255 e. The van der Waals surface area contributed by atoms with Crippen LogP contribution in [0.2, 0.25) is 0 Å². The van der Waals surface area contributed by atoms with Gasteiger partial charge in [0.25, 0.3) is 5.91 Å². The van der Waals surface area contributed by atoms with Crippen LogP contribution >= 0.6 is 0 Å². The van der Waals surface area contributed by atoms with Crippen LogP contribution in [-0.4, -0.2) is 35.0 Å². The van der Waals surface area contributed by atoms with Gasteiger partial charge in [0.2, 0.25) is 0 Å². The second-order valence-corrected chi connectivity index (χ2v) is 6.97. The second-order valence-electron chi connectivity index (χ2n) is 6.97. The minimum absolute atomic E-state index is 0.0905. The SMILES string of the molecule is O=C(Nc1ccccc1)c1cccc(CN2CCC(Oc3cccnc3)C2)c1. The van der Waals surface area contributed by atoms with Gasteiger partial charge in [0.15, 0.2) is 0 Å².